The third-order valence-corrected chi connectivity index (χ3v) is 9.77. The predicted octanol–water partition coefficient (Wildman–Crippen LogP) is 11.7. The van der Waals surface area contributed by atoms with E-state index in [4.69, 9.17) is 9.97 Å². The van der Waals surface area contributed by atoms with E-state index in [2.05, 4.69) is 179 Å². The van der Waals surface area contributed by atoms with Gasteiger partial charge in [0, 0.05) is 50.2 Å². The molecule has 234 valence electrons. The zero-order valence-electron chi connectivity index (χ0n) is 27.1. The Kier molecular flexibility index (Phi) is 6.46. The molecule has 0 saturated heterocycles. The van der Waals surface area contributed by atoms with Crippen molar-refractivity contribution < 1.29 is 0 Å². The SMILES string of the molecule is c1ccc(-c2ccc(-c3nc(-c4ccc(-n5c6ccccc6c6cc7c(ccn7-c7ccccc7)cc65)cc4)nc4ccccc34)cc2)cc1. The fraction of sp³-hybridized carbons (Fsp3) is 0. The molecule has 0 N–H and O–H groups in total. The van der Waals surface area contributed by atoms with Gasteiger partial charge in [0.25, 0.3) is 0 Å². The van der Waals surface area contributed by atoms with Gasteiger partial charge in [-0.2, -0.15) is 0 Å². The number of hydrogen-bond donors (Lipinski definition) is 0. The van der Waals surface area contributed by atoms with Gasteiger partial charge >= 0.3 is 0 Å². The second-order valence-electron chi connectivity index (χ2n) is 12.7. The van der Waals surface area contributed by atoms with Gasteiger partial charge in [-0.25, -0.2) is 9.97 Å². The average Bonchev–Trinajstić information content (AvgIpc) is 3.76. The largest absolute Gasteiger partial charge is 0.317 e. The van der Waals surface area contributed by atoms with Gasteiger partial charge in [0.15, 0.2) is 5.82 Å². The summed E-state index contributed by atoms with van der Waals surface area (Å²) in [6.07, 6.45) is 2.16. The molecule has 10 rings (SSSR count). The highest BCUT2D eigenvalue weighted by molar-refractivity contribution is 6.13. The molecular formula is C46H30N4. The summed E-state index contributed by atoms with van der Waals surface area (Å²) < 4.78 is 4.64. The Labute approximate surface area is 289 Å². The van der Waals surface area contributed by atoms with Crippen molar-refractivity contribution >= 4 is 43.6 Å². The number of benzene rings is 7. The maximum atomic E-state index is 5.18. The van der Waals surface area contributed by atoms with Crippen LogP contribution in [0.15, 0.2) is 182 Å². The van der Waals surface area contributed by atoms with Crippen molar-refractivity contribution in [3.63, 3.8) is 0 Å². The van der Waals surface area contributed by atoms with Crippen LogP contribution in [0.2, 0.25) is 0 Å². The normalized spacial score (nSPS) is 11.6. The molecule has 3 aromatic heterocycles. The number of hydrogen-bond acceptors (Lipinski definition) is 2. The van der Waals surface area contributed by atoms with Gasteiger partial charge in [-0.3, -0.25) is 0 Å². The second kappa shape index (κ2) is 11.4. The number of rotatable bonds is 5. The molecule has 0 radical (unpaired) electrons. The van der Waals surface area contributed by atoms with Crippen molar-refractivity contribution in [1.82, 2.24) is 19.1 Å². The van der Waals surface area contributed by atoms with Gasteiger partial charge in [-0.05, 0) is 77.9 Å². The van der Waals surface area contributed by atoms with Crippen LogP contribution < -0.4 is 0 Å². The lowest BCUT2D eigenvalue weighted by Gasteiger charge is -2.12. The number of fused-ring (bicyclic) bond motifs is 5. The van der Waals surface area contributed by atoms with E-state index in [9.17, 15) is 0 Å². The summed E-state index contributed by atoms with van der Waals surface area (Å²) in [6.45, 7) is 0. The van der Waals surface area contributed by atoms with E-state index >= 15 is 0 Å². The molecule has 0 bridgehead atoms. The molecule has 0 unspecified atom stereocenters. The quantitative estimate of drug-likeness (QED) is 0.188. The Hall–Kier alpha value is -6.78. The topological polar surface area (TPSA) is 35.6 Å². The molecule has 4 heteroatoms. The summed E-state index contributed by atoms with van der Waals surface area (Å²) in [5.41, 5.74) is 12.1. The molecule has 0 spiro atoms. The predicted molar refractivity (Wildman–Crippen MR) is 207 cm³/mol. The van der Waals surface area contributed by atoms with E-state index in [1.807, 2.05) is 12.1 Å². The van der Waals surface area contributed by atoms with Gasteiger partial charge in [0.05, 0.1) is 27.8 Å². The van der Waals surface area contributed by atoms with Crippen molar-refractivity contribution in [2.24, 2.45) is 0 Å². The van der Waals surface area contributed by atoms with E-state index in [-0.39, 0.29) is 0 Å². The van der Waals surface area contributed by atoms with Crippen molar-refractivity contribution in [1.29, 1.82) is 0 Å². The standard InChI is InChI=1S/C46H30N4/c1-3-11-31(12-4-1)32-19-21-33(22-20-32)45-39-16-7-9-17-41(39)47-46(48-45)34-23-25-37(26-24-34)50-42-18-10-8-15-38(42)40-30-43-35(29-44(40)50)27-28-49(43)36-13-5-2-6-14-36/h1-30H. The van der Waals surface area contributed by atoms with Crippen LogP contribution in [0.25, 0.3) is 88.8 Å². The summed E-state index contributed by atoms with van der Waals surface area (Å²) >= 11 is 0. The van der Waals surface area contributed by atoms with Gasteiger partial charge in [0.2, 0.25) is 0 Å². The van der Waals surface area contributed by atoms with Crippen LogP contribution in [0, 0.1) is 0 Å². The lowest BCUT2D eigenvalue weighted by Crippen LogP contribution is -1.97. The highest BCUT2D eigenvalue weighted by Crippen LogP contribution is 2.37. The maximum Gasteiger partial charge on any atom is 0.160 e. The number of para-hydroxylation sites is 3. The fourth-order valence-electron chi connectivity index (χ4n) is 7.33. The van der Waals surface area contributed by atoms with E-state index < -0.39 is 0 Å². The Balaban J connectivity index is 1.07. The van der Waals surface area contributed by atoms with Crippen LogP contribution in [0.4, 0.5) is 0 Å². The first-order valence-corrected chi connectivity index (χ1v) is 16.9. The van der Waals surface area contributed by atoms with Crippen LogP contribution in [0.5, 0.6) is 0 Å². The molecule has 3 heterocycles. The summed E-state index contributed by atoms with van der Waals surface area (Å²) in [5.74, 6) is 0.712. The zero-order chi connectivity index (χ0) is 33.0. The highest BCUT2D eigenvalue weighted by atomic mass is 15.0. The third-order valence-electron chi connectivity index (χ3n) is 9.77. The Morgan fingerprint density at radius 3 is 1.82 bits per heavy atom. The molecule has 50 heavy (non-hydrogen) atoms. The summed E-state index contributed by atoms with van der Waals surface area (Å²) in [4.78, 5) is 10.2. The van der Waals surface area contributed by atoms with Crippen molar-refractivity contribution in [3.05, 3.63) is 182 Å². The van der Waals surface area contributed by atoms with Crippen LogP contribution in [0.1, 0.15) is 0 Å². The van der Waals surface area contributed by atoms with E-state index in [0.29, 0.717) is 5.82 Å². The molecule has 10 aromatic rings. The van der Waals surface area contributed by atoms with Gasteiger partial charge in [0.1, 0.15) is 0 Å². The molecular weight excluding hydrogens is 609 g/mol. The Bertz CT molecular complexity index is 2830. The van der Waals surface area contributed by atoms with Crippen LogP contribution in [-0.4, -0.2) is 19.1 Å². The molecule has 0 aliphatic rings. The van der Waals surface area contributed by atoms with Crippen molar-refractivity contribution in [2.45, 2.75) is 0 Å². The molecule has 4 nitrogen and oxygen atoms in total. The lowest BCUT2D eigenvalue weighted by atomic mass is 10.0. The minimum atomic E-state index is 0.712. The maximum absolute atomic E-state index is 5.18. The van der Waals surface area contributed by atoms with E-state index in [0.717, 1.165) is 39.1 Å². The average molecular weight is 639 g/mol. The smallest absolute Gasteiger partial charge is 0.160 e. The fourth-order valence-corrected chi connectivity index (χ4v) is 7.33. The van der Waals surface area contributed by atoms with Crippen LogP contribution in [0.3, 0.4) is 0 Å². The molecule has 0 fully saturated rings. The Morgan fingerprint density at radius 1 is 0.380 bits per heavy atom. The molecule has 0 saturated carbocycles. The van der Waals surface area contributed by atoms with Crippen molar-refractivity contribution in [2.75, 3.05) is 0 Å². The number of nitrogens with zero attached hydrogens (tertiary/aromatic N) is 4. The summed E-state index contributed by atoms with van der Waals surface area (Å²) in [7, 11) is 0. The van der Waals surface area contributed by atoms with Crippen LogP contribution >= 0.6 is 0 Å². The molecule has 7 aromatic carbocycles. The first-order chi connectivity index (χ1) is 24.8. The highest BCUT2D eigenvalue weighted by Gasteiger charge is 2.16. The summed E-state index contributed by atoms with van der Waals surface area (Å²) in [5, 5.41) is 4.71. The number of aromatic nitrogens is 4. The van der Waals surface area contributed by atoms with Gasteiger partial charge < -0.3 is 9.13 Å². The molecule has 0 atom stereocenters. The Morgan fingerprint density at radius 2 is 1.02 bits per heavy atom. The molecule has 0 amide bonds. The molecule has 0 aliphatic heterocycles. The van der Waals surface area contributed by atoms with Crippen molar-refractivity contribution in [3.8, 4) is 45.1 Å². The molecule has 0 aliphatic carbocycles. The first-order valence-electron chi connectivity index (χ1n) is 16.9. The second-order valence-corrected chi connectivity index (χ2v) is 12.7. The van der Waals surface area contributed by atoms with E-state index in [1.54, 1.807) is 0 Å². The minimum absolute atomic E-state index is 0.712. The lowest BCUT2D eigenvalue weighted by molar-refractivity contribution is 1.13. The minimum Gasteiger partial charge on any atom is -0.317 e. The van der Waals surface area contributed by atoms with E-state index in [1.165, 1.54) is 43.8 Å². The van der Waals surface area contributed by atoms with Gasteiger partial charge in [-0.1, -0.05) is 109 Å². The summed E-state index contributed by atoms with van der Waals surface area (Å²) in [6, 6.07) is 62.1. The van der Waals surface area contributed by atoms with Crippen LogP contribution in [-0.2, 0) is 0 Å². The van der Waals surface area contributed by atoms with Gasteiger partial charge in [-0.15, -0.1) is 0 Å². The first kappa shape index (κ1) is 28.3. The monoisotopic (exact) mass is 638 g/mol. The zero-order valence-corrected chi connectivity index (χ0v) is 27.1. The third kappa shape index (κ3) is 4.61.